The lowest BCUT2D eigenvalue weighted by Crippen LogP contribution is -2.09. The Hall–Kier alpha value is -1.70. The van der Waals surface area contributed by atoms with E-state index in [1.54, 1.807) is 6.07 Å². The molecule has 0 saturated heterocycles. The van der Waals surface area contributed by atoms with Crippen LogP contribution in [0.3, 0.4) is 0 Å². The maximum absolute atomic E-state index is 12.9. The van der Waals surface area contributed by atoms with E-state index in [4.69, 9.17) is 28.5 Å². The highest BCUT2D eigenvalue weighted by Gasteiger charge is 2.65. The summed E-state index contributed by atoms with van der Waals surface area (Å²) in [6.45, 7) is 0. The van der Waals surface area contributed by atoms with Crippen molar-refractivity contribution in [3.63, 3.8) is 0 Å². The highest BCUT2D eigenvalue weighted by molar-refractivity contribution is 8.45. The first kappa shape index (κ1) is 17.7. The number of nitriles is 1. The van der Waals surface area contributed by atoms with E-state index in [2.05, 4.69) is 10.4 Å². The third-order valence-electron chi connectivity index (χ3n) is 2.73. The minimum absolute atomic E-state index is 0.0710. The van der Waals surface area contributed by atoms with Gasteiger partial charge in [0.25, 0.3) is 0 Å². The molecule has 23 heavy (non-hydrogen) atoms. The van der Waals surface area contributed by atoms with Gasteiger partial charge in [0.2, 0.25) is 0 Å². The first-order valence-corrected chi connectivity index (χ1v) is 8.39. The molecule has 0 amide bonds. The van der Waals surface area contributed by atoms with Crippen molar-refractivity contribution in [1.29, 1.82) is 5.26 Å². The van der Waals surface area contributed by atoms with E-state index in [-0.39, 0.29) is 29.3 Å². The van der Waals surface area contributed by atoms with Crippen LogP contribution in [0.5, 0.6) is 0 Å². The molecule has 12 heteroatoms. The Morgan fingerprint density at radius 3 is 2.04 bits per heavy atom. The average Bonchev–Trinajstić information content (AvgIpc) is 2.78. The lowest BCUT2D eigenvalue weighted by Gasteiger charge is -2.40. The van der Waals surface area contributed by atoms with Gasteiger partial charge in [-0.3, -0.25) is 0 Å². The number of halogens is 7. The molecular formula is C11H7Cl2F5N4S. The maximum Gasteiger partial charge on any atom is 0.310 e. The second kappa shape index (κ2) is 4.66. The summed E-state index contributed by atoms with van der Waals surface area (Å²) in [4.78, 5) is -2.21. The van der Waals surface area contributed by atoms with Crippen molar-refractivity contribution in [2.45, 2.75) is 4.90 Å². The van der Waals surface area contributed by atoms with Gasteiger partial charge >= 0.3 is 10.2 Å². The van der Waals surface area contributed by atoms with E-state index in [9.17, 15) is 19.4 Å². The van der Waals surface area contributed by atoms with E-state index < -0.39 is 25.2 Å². The van der Waals surface area contributed by atoms with Gasteiger partial charge in [0.05, 0.1) is 10.0 Å². The number of anilines is 1. The molecule has 0 aliphatic heterocycles. The number of nitrogens with one attached hydrogen (secondary N) is 1. The number of nitrogens with zero attached hydrogens (tertiary/aromatic N) is 3. The Balaban J connectivity index is 2.74. The monoisotopic (exact) mass is 392 g/mol. The number of hydrogen-bond donors (Lipinski definition) is 1. The fourth-order valence-corrected chi connectivity index (χ4v) is 3.21. The summed E-state index contributed by atoms with van der Waals surface area (Å²) in [5, 5.41) is 13.8. The van der Waals surface area contributed by atoms with Crippen LogP contribution in [-0.4, -0.2) is 16.8 Å². The van der Waals surface area contributed by atoms with Gasteiger partial charge in [-0.25, -0.2) is 4.68 Å². The van der Waals surface area contributed by atoms with Crippen molar-refractivity contribution in [3.8, 4) is 11.8 Å². The van der Waals surface area contributed by atoms with E-state index in [0.717, 1.165) is 4.68 Å². The zero-order valence-corrected chi connectivity index (χ0v) is 13.5. The Bertz CT molecular complexity index is 818. The van der Waals surface area contributed by atoms with Crippen molar-refractivity contribution < 1.29 is 19.4 Å². The van der Waals surface area contributed by atoms with Gasteiger partial charge < -0.3 is 5.32 Å². The quantitative estimate of drug-likeness (QED) is 0.676. The van der Waals surface area contributed by atoms with Crippen LogP contribution in [-0.2, 0) is 0 Å². The summed E-state index contributed by atoms with van der Waals surface area (Å²) in [6, 6.07) is 3.17. The molecule has 1 N–H and O–H groups in total. The molecule has 4 nitrogen and oxygen atoms in total. The number of hydrogen-bond acceptors (Lipinski definition) is 3. The first-order chi connectivity index (χ1) is 10.3. The molecule has 0 radical (unpaired) electrons. The fourth-order valence-electron chi connectivity index (χ4n) is 1.75. The van der Waals surface area contributed by atoms with Crippen molar-refractivity contribution in [3.05, 3.63) is 33.9 Å². The van der Waals surface area contributed by atoms with Crippen LogP contribution in [0.4, 0.5) is 25.2 Å². The molecule has 0 aliphatic carbocycles. The molecule has 2 aromatic rings. The Kier molecular flexibility index (Phi) is 3.57. The van der Waals surface area contributed by atoms with Crippen molar-refractivity contribution in [2.24, 2.45) is 0 Å². The molecule has 1 aromatic carbocycles. The Morgan fingerprint density at radius 2 is 1.65 bits per heavy atom. The zero-order valence-electron chi connectivity index (χ0n) is 11.1. The Labute approximate surface area is 137 Å². The van der Waals surface area contributed by atoms with E-state index in [0.29, 0.717) is 0 Å². The van der Waals surface area contributed by atoms with Crippen LogP contribution >= 0.6 is 33.4 Å². The maximum atomic E-state index is 12.9. The van der Waals surface area contributed by atoms with E-state index >= 15 is 0 Å². The molecule has 0 saturated carbocycles. The highest BCUT2D eigenvalue weighted by atomic mass is 35.5. The van der Waals surface area contributed by atoms with Gasteiger partial charge in [-0.15, -0.1) is 0 Å². The predicted octanol–water partition coefficient (Wildman–Crippen LogP) is 5.75. The number of benzene rings is 1. The van der Waals surface area contributed by atoms with Crippen LogP contribution in [0.2, 0.25) is 10.0 Å². The third-order valence-corrected chi connectivity index (χ3v) is 4.43. The molecule has 1 heterocycles. The van der Waals surface area contributed by atoms with Gasteiger partial charge in [0.15, 0.2) is 5.69 Å². The normalized spacial score (nSPS) is 14.7. The molecule has 0 fully saturated rings. The molecule has 0 bridgehead atoms. The lowest BCUT2D eigenvalue weighted by atomic mass is 10.3. The first-order valence-electron chi connectivity index (χ1n) is 5.68. The molecule has 0 unspecified atom stereocenters. The molecule has 0 atom stereocenters. The molecular weight excluding hydrogens is 386 g/mol. The summed E-state index contributed by atoms with van der Waals surface area (Å²) >= 11 is 11.4. The molecule has 1 aromatic heterocycles. The largest absolute Gasteiger partial charge is 0.373 e. The molecule has 126 valence electrons. The average molecular weight is 393 g/mol. The summed E-state index contributed by atoms with van der Waals surface area (Å²) in [7, 11) is -8.46. The van der Waals surface area contributed by atoms with Gasteiger partial charge in [-0.05, 0) is 12.1 Å². The summed E-state index contributed by atoms with van der Waals surface area (Å²) < 4.78 is 65.2. The summed E-state index contributed by atoms with van der Waals surface area (Å²) in [6.07, 6.45) is 0. The van der Waals surface area contributed by atoms with Crippen molar-refractivity contribution in [1.82, 2.24) is 9.78 Å². The minimum Gasteiger partial charge on any atom is -0.373 e. The lowest BCUT2D eigenvalue weighted by molar-refractivity contribution is 0.364. The van der Waals surface area contributed by atoms with Gasteiger partial charge in [0, 0.05) is 13.1 Å². The predicted molar refractivity (Wildman–Crippen MR) is 79.2 cm³/mol. The van der Waals surface area contributed by atoms with Crippen molar-refractivity contribution in [2.75, 3.05) is 12.4 Å². The smallest absolute Gasteiger partial charge is 0.310 e. The number of rotatable bonds is 3. The fraction of sp³-hybridized carbons (Fsp3) is 0.0909. The van der Waals surface area contributed by atoms with Gasteiger partial charge in [-0.2, -0.15) is 10.4 Å². The van der Waals surface area contributed by atoms with Crippen LogP contribution in [0.25, 0.3) is 5.69 Å². The minimum atomic E-state index is -9.92. The van der Waals surface area contributed by atoms with Crippen LogP contribution in [0, 0.1) is 11.3 Å². The van der Waals surface area contributed by atoms with Crippen LogP contribution in [0.1, 0.15) is 5.69 Å². The van der Waals surface area contributed by atoms with E-state index in [1.165, 1.54) is 13.1 Å². The second-order valence-electron chi connectivity index (χ2n) is 4.39. The standard InChI is InChI=1S/C11H7Cl2F5N4S/c1-20-10-2-6(5-19)21-22(10)11-8(12)3-7(4-9(11)13)23(14,15,16,17)18/h2-4,20H,1H3. The molecule has 0 spiro atoms. The van der Waals surface area contributed by atoms with Crippen LogP contribution < -0.4 is 5.32 Å². The summed E-state index contributed by atoms with van der Waals surface area (Å²) in [5.74, 6) is 0.186. The second-order valence-corrected chi connectivity index (χ2v) is 7.62. The van der Waals surface area contributed by atoms with Gasteiger partial charge in [-0.1, -0.05) is 42.6 Å². The Morgan fingerprint density at radius 1 is 1.13 bits per heavy atom. The molecule has 0 aliphatic rings. The third kappa shape index (κ3) is 3.46. The molecule has 2 rings (SSSR count). The van der Waals surface area contributed by atoms with Gasteiger partial charge in [0.1, 0.15) is 22.5 Å². The van der Waals surface area contributed by atoms with Crippen molar-refractivity contribution >= 4 is 39.2 Å². The van der Waals surface area contributed by atoms with E-state index in [1.807, 2.05) is 0 Å². The number of aromatic nitrogens is 2. The van der Waals surface area contributed by atoms with Crippen LogP contribution in [0.15, 0.2) is 23.1 Å². The SMILES string of the molecule is CNc1cc(C#N)nn1-c1c(Cl)cc(S(F)(F)(F)(F)F)cc1Cl. The summed E-state index contributed by atoms with van der Waals surface area (Å²) in [5.41, 5.74) is -0.331. The topological polar surface area (TPSA) is 53.6 Å². The highest BCUT2D eigenvalue weighted by Crippen LogP contribution is 3.02. The zero-order chi connectivity index (χ0) is 17.7.